The smallest absolute Gasteiger partial charge is 0.262 e. The number of anilines is 2. The third-order valence-corrected chi connectivity index (χ3v) is 6.17. The number of ether oxygens (including phenoxy) is 2. The molecule has 0 aliphatic carbocycles. The van der Waals surface area contributed by atoms with Gasteiger partial charge in [-0.3, -0.25) is 9.52 Å². The predicted molar refractivity (Wildman–Crippen MR) is 114 cm³/mol. The van der Waals surface area contributed by atoms with E-state index in [2.05, 4.69) is 10.0 Å². The van der Waals surface area contributed by atoms with Crippen molar-refractivity contribution in [2.24, 2.45) is 0 Å². The summed E-state index contributed by atoms with van der Waals surface area (Å²) in [6.45, 7) is 2.45. The molecule has 3 aromatic carbocycles. The zero-order chi connectivity index (χ0) is 22.0. The number of halogens is 1. The number of hydrogen-bond donors (Lipinski definition) is 2. The lowest BCUT2D eigenvalue weighted by atomic mass is 10.1. The highest BCUT2D eigenvalue weighted by Crippen LogP contribution is 2.31. The summed E-state index contributed by atoms with van der Waals surface area (Å²) in [4.78, 5) is 12.6. The minimum Gasteiger partial charge on any atom is -0.486 e. The van der Waals surface area contributed by atoms with Gasteiger partial charge < -0.3 is 14.8 Å². The molecule has 0 fully saturated rings. The summed E-state index contributed by atoms with van der Waals surface area (Å²) in [6, 6.07) is 14.8. The van der Waals surface area contributed by atoms with E-state index in [-0.39, 0.29) is 16.3 Å². The highest BCUT2D eigenvalue weighted by molar-refractivity contribution is 7.92. The number of aryl methyl sites for hydroxylation is 1. The van der Waals surface area contributed by atoms with Crippen LogP contribution in [0.15, 0.2) is 65.6 Å². The number of hydrogen-bond acceptors (Lipinski definition) is 5. The minimum atomic E-state index is -4.08. The molecule has 3 aromatic rings. The monoisotopic (exact) mass is 442 g/mol. The first-order chi connectivity index (χ1) is 14.8. The molecule has 2 N–H and O–H groups in total. The zero-order valence-corrected chi connectivity index (χ0v) is 17.3. The van der Waals surface area contributed by atoms with Gasteiger partial charge in [0.1, 0.15) is 19.0 Å². The molecule has 9 heteroatoms. The van der Waals surface area contributed by atoms with Gasteiger partial charge in [0.25, 0.3) is 15.9 Å². The van der Waals surface area contributed by atoms with E-state index in [9.17, 15) is 17.6 Å². The van der Waals surface area contributed by atoms with Crippen LogP contribution in [0.2, 0.25) is 0 Å². The number of para-hydroxylation sites is 1. The molecule has 0 saturated carbocycles. The van der Waals surface area contributed by atoms with Gasteiger partial charge in [-0.2, -0.15) is 0 Å². The number of amides is 1. The molecular weight excluding hydrogens is 423 g/mol. The molecule has 31 heavy (non-hydrogen) atoms. The molecule has 0 bridgehead atoms. The summed E-state index contributed by atoms with van der Waals surface area (Å²) in [7, 11) is -4.08. The van der Waals surface area contributed by atoms with Crippen molar-refractivity contribution >= 4 is 27.3 Å². The number of nitrogens with one attached hydrogen (secondary N) is 2. The molecular formula is C22H19FN2O5S. The molecule has 0 radical (unpaired) electrons. The van der Waals surface area contributed by atoms with E-state index in [1.807, 2.05) is 0 Å². The minimum absolute atomic E-state index is 0.0734. The lowest BCUT2D eigenvalue weighted by Gasteiger charge is -2.18. The van der Waals surface area contributed by atoms with Crippen LogP contribution in [0.25, 0.3) is 0 Å². The Morgan fingerprint density at radius 2 is 1.71 bits per heavy atom. The summed E-state index contributed by atoms with van der Waals surface area (Å²) in [5.74, 6) is -0.0936. The van der Waals surface area contributed by atoms with Gasteiger partial charge in [0.15, 0.2) is 11.5 Å². The molecule has 1 amide bonds. The van der Waals surface area contributed by atoms with Crippen LogP contribution in [0.1, 0.15) is 15.9 Å². The number of carbonyl (C=O) groups excluding carboxylic acids is 1. The molecule has 1 aliphatic heterocycles. The molecule has 7 nitrogen and oxygen atoms in total. The highest BCUT2D eigenvalue weighted by atomic mass is 32.2. The molecule has 0 aromatic heterocycles. The molecule has 1 heterocycles. The maximum Gasteiger partial charge on any atom is 0.262 e. The highest BCUT2D eigenvalue weighted by Gasteiger charge is 2.20. The van der Waals surface area contributed by atoms with Gasteiger partial charge >= 0.3 is 0 Å². The van der Waals surface area contributed by atoms with E-state index >= 15 is 0 Å². The lowest BCUT2D eigenvalue weighted by Crippen LogP contribution is -2.18. The Morgan fingerprint density at radius 1 is 0.968 bits per heavy atom. The Kier molecular flexibility index (Phi) is 5.51. The van der Waals surface area contributed by atoms with Crippen LogP contribution in [0.3, 0.4) is 0 Å². The van der Waals surface area contributed by atoms with Crippen molar-refractivity contribution in [3.8, 4) is 11.5 Å². The topological polar surface area (TPSA) is 93.7 Å². The fourth-order valence-corrected chi connectivity index (χ4v) is 4.44. The van der Waals surface area contributed by atoms with Crippen LogP contribution in [-0.4, -0.2) is 27.5 Å². The second-order valence-electron chi connectivity index (χ2n) is 6.88. The first kappa shape index (κ1) is 20.7. The summed E-state index contributed by atoms with van der Waals surface area (Å²) in [6.07, 6.45) is 0. The van der Waals surface area contributed by atoms with Crippen LogP contribution in [0.4, 0.5) is 15.8 Å². The summed E-state index contributed by atoms with van der Waals surface area (Å²) >= 11 is 0. The number of fused-ring (bicyclic) bond motifs is 1. The number of rotatable bonds is 5. The number of carbonyl (C=O) groups is 1. The van der Waals surface area contributed by atoms with Crippen LogP contribution in [-0.2, 0) is 10.0 Å². The van der Waals surface area contributed by atoms with Gasteiger partial charge in [-0.1, -0.05) is 18.2 Å². The Labute approximate surface area is 178 Å². The third kappa shape index (κ3) is 4.46. The fraction of sp³-hybridized carbons (Fsp3) is 0.136. The molecule has 1 aliphatic rings. The fourth-order valence-electron chi connectivity index (χ4n) is 3.10. The maximum absolute atomic E-state index is 13.9. The van der Waals surface area contributed by atoms with Crippen LogP contribution in [0, 0.1) is 12.7 Å². The van der Waals surface area contributed by atoms with Crippen LogP contribution in [0.5, 0.6) is 11.5 Å². The Bertz CT molecular complexity index is 1260. The van der Waals surface area contributed by atoms with Gasteiger partial charge in [-0.05, 0) is 55.0 Å². The summed E-state index contributed by atoms with van der Waals surface area (Å²) in [5.41, 5.74) is 0.895. The normalized spacial score (nSPS) is 12.8. The van der Waals surface area contributed by atoms with Crippen molar-refractivity contribution < 1.29 is 27.1 Å². The number of sulfonamides is 1. The van der Waals surface area contributed by atoms with Crippen molar-refractivity contribution in [1.29, 1.82) is 0 Å². The molecule has 0 unspecified atom stereocenters. The third-order valence-electron chi connectivity index (χ3n) is 4.66. The largest absolute Gasteiger partial charge is 0.486 e. The standard InChI is InChI=1S/C22H19FN2O5S/c1-14-6-8-16(13-21(14)31(27,28)25-18-5-3-2-4-17(18)23)24-22(26)15-7-9-19-20(12-15)30-11-10-29-19/h2-9,12-13,25H,10-11H2,1H3,(H,24,26). The van der Waals surface area contributed by atoms with E-state index in [1.165, 1.54) is 24.3 Å². The molecule has 0 atom stereocenters. The molecule has 4 rings (SSSR count). The van der Waals surface area contributed by atoms with Gasteiger partial charge in [-0.25, -0.2) is 12.8 Å². The summed E-state index contributed by atoms with van der Waals surface area (Å²) in [5, 5.41) is 2.68. The molecule has 160 valence electrons. The van der Waals surface area contributed by atoms with E-state index in [1.54, 1.807) is 37.3 Å². The Morgan fingerprint density at radius 3 is 2.48 bits per heavy atom. The molecule has 0 spiro atoms. The van der Waals surface area contributed by atoms with Crippen LogP contribution >= 0.6 is 0 Å². The van der Waals surface area contributed by atoms with Crippen molar-refractivity contribution in [2.45, 2.75) is 11.8 Å². The number of benzene rings is 3. The Hall–Kier alpha value is -3.59. The quantitative estimate of drug-likeness (QED) is 0.624. The van der Waals surface area contributed by atoms with E-state index in [4.69, 9.17) is 9.47 Å². The second-order valence-corrected chi connectivity index (χ2v) is 8.53. The van der Waals surface area contributed by atoms with Gasteiger partial charge in [0.05, 0.1) is 10.6 Å². The first-order valence-electron chi connectivity index (χ1n) is 9.42. The van der Waals surface area contributed by atoms with E-state index in [0.29, 0.717) is 35.8 Å². The van der Waals surface area contributed by atoms with Crippen molar-refractivity contribution in [3.63, 3.8) is 0 Å². The van der Waals surface area contributed by atoms with Crippen molar-refractivity contribution in [2.75, 3.05) is 23.3 Å². The van der Waals surface area contributed by atoms with Crippen molar-refractivity contribution in [1.82, 2.24) is 0 Å². The van der Waals surface area contributed by atoms with Crippen LogP contribution < -0.4 is 19.5 Å². The average molecular weight is 442 g/mol. The zero-order valence-electron chi connectivity index (χ0n) is 16.5. The Balaban J connectivity index is 1.57. The van der Waals surface area contributed by atoms with Gasteiger partial charge in [0, 0.05) is 11.3 Å². The van der Waals surface area contributed by atoms with Crippen molar-refractivity contribution in [3.05, 3.63) is 77.6 Å². The molecule has 0 saturated heterocycles. The first-order valence-corrected chi connectivity index (χ1v) is 10.9. The van der Waals surface area contributed by atoms with E-state index in [0.717, 1.165) is 6.07 Å². The second kappa shape index (κ2) is 8.27. The van der Waals surface area contributed by atoms with Gasteiger partial charge in [0.2, 0.25) is 0 Å². The maximum atomic E-state index is 13.9. The SMILES string of the molecule is Cc1ccc(NC(=O)c2ccc3c(c2)OCCO3)cc1S(=O)(=O)Nc1ccccc1F. The lowest BCUT2D eigenvalue weighted by molar-refractivity contribution is 0.102. The summed E-state index contributed by atoms with van der Waals surface area (Å²) < 4.78 is 52.7. The van der Waals surface area contributed by atoms with E-state index < -0.39 is 21.7 Å². The van der Waals surface area contributed by atoms with Gasteiger partial charge in [-0.15, -0.1) is 0 Å². The predicted octanol–water partition coefficient (Wildman–Crippen LogP) is 3.96. The average Bonchev–Trinajstić information content (AvgIpc) is 2.76.